The van der Waals surface area contributed by atoms with Gasteiger partial charge in [0.1, 0.15) is 0 Å². The predicted molar refractivity (Wildman–Crippen MR) is 104 cm³/mol. The molecule has 1 heterocycles. The van der Waals surface area contributed by atoms with Gasteiger partial charge < -0.3 is 20.3 Å². The Balaban J connectivity index is 0.00000441. The SMILES string of the molecule is CCNC(=NCC(CC)(CC)CO)NCCn1cccc1.I. The van der Waals surface area contributed by atoms with E-state index in [-0.39, 0.29) is 36.0 Å². The maximum atomic E-state index is 9.61. The van der Waals surface area contributed by atoms with Crippen molar-refractivity contribution in [3.05, 3.63) is 24.5 Å². The van der Waals surface area contributed by atoms with Crippen molar-refractivity contribution in [3.8, 4) is 0 Å². The highest BCUT2D eigenvalue weighted by Gasteiger charge is 2.24. The Morgan fingerprint density at radius 3 is 2.27 bits per heavy atom. The molecule has 0 radical (unpaired) electrons. The summed E-state index contributed by atoms with van der Waals surface area (Å²) in [6, 6.07) is 4.05. The van der Waals surface area contributed by atoms with Gasteiger partial charge in [-0.2, -0.15) is 0 Å². The van der Waals surface area contributed by atoms with Crippen LogP contribution >= 0.6 is 24.0 Å². The fourth-order valence-electron chi connectivity index (χ4n) is 2.16. The number of aliphatic hydroxyl groups is 1. The van der Waals surface area contributed by atoms with Crippen LogP contribution in [0.15, 0.2) is 29.5 Å². The first-order valence-electron chi connectivity index (χ1n) is 7.93. The van der Waals surface area contributed by atoms with Crippen LogP contribution in [0.1, 0.15) is 33.6 Å². The van der Waals surface area contributed by atoms with Gasteiger partial charge in [0.2, 0.25) is 0 Å². The molecule has 1 aromatic rings. The Morgan fingerprint density at radius 1 is 1.14 bits per heavy atom. The van der Waals surface area contributed by atoms with Crippen molar-refractivity contribution in [1.82, 2.24) is 15.2 Å². The number of nitrogens with zero attached hydrogens (tertiary/aromatic N) is 2. The topological polar surface area (TPSA) is 61.6 Å². The van der Waals surface area contributed by atoms with E-state index in [0.717, 1.165) is 38.4 Å². The third-order valence-corrected chi connectivity index (χ3v) is 4.08. The highest BCUT2D eigenvalue weighted by molar-refractivity contribution is 14.0. The van der Waals surface area contributed by atoms with E-state index in [2.05, 4.69) is 53.4 Å². The number of aliphatic imine (C=N–C) groups is 1. The summed E-state index contributed by atoms with van der Waals surface area (Å²) in [5.41, 5.74) is -0.0945. The van der Waals surface area contributed by atoms with E-state index in [0.29, 0.717) is 6.54 Å². The molecule has 6 heteroatoms. The lowest BCUT2D eigenvalue weighted by molar-refractivity contribution is 0.123. The Labute approximate surface area is 151 Å². The third-order valence-electron chi connectivity index (χ3n) is 4.08. The molecule has 0 amide bonds. The van der Waals surface area contributed by atoms with Crippen molar-refractivity contribution in [1.29, 1.82) is 0 Å². The Morgan fingerprint density at radius 2 is 1.77 bits per heavy atom. The summed E-state index contributed by atoms with van der Waals surface area (Å²) in [5.74, 6) is 0.824. The van der Waals surface area contributed by atoms with E-state index in [9.17, 15) is 5.11 Å². The zero-order valence-corrected chi connectivity index (χ0v) is 16.3. The van der Waals surface area contributed by atoms with Gasteiger partial charge in [-0.25, -0.2) is 0 Å². The minimum atomic E-state index is -0.0945. The van der Waals surface area contributed by atoms with Crippen LogP contribution in [0.3, 0.4) is 0 Å². The lowest BCUT2D eigenvalue weighted by Crippen LogP contribution is -2.40. The normalized spacial score (nSPS) is 11.9. The summed E-state index contributed by atoms with van der Waals surface area (Å²) in [5, 5.41) is 16.2. The van der Waals surface area contributed by atoms with Crippen LogP contribution in [0.4, 0.5) is 0 Å². The molecule has 128 valence electrons. The monoisotopic (exact) mass is 422 g/mol. The molecule has 3 N–H and O–H groups in total. The number of nitrogens with one attached hydrogen (secondary N) is 2. The fraction of sp³-hybridized carbons (Fsp3) is 0.688. The number of halogens is 1. The van der Waals surface area contributed by atoms with Gasteiger partial charge in [-0.15, -0.1) is 24.0 Å². The molecule has 0 spiro atoms. The van der Waals surface area contributed by atoms with Crippen LogP contribution in [-0.2, 0) is 6.54 Å². The summed E-state index contributed by atoms with van der Waals surface area (Å²) >= 11 is 0. The van der Waals surface area contributed by atoms with E-state index in [4.69, 9.17) is 0 Å². The first kappa shape index (κ1) is 21.2. The zero-order valence-electron chi connectivity index (χ0n) is 14.0. The Hall–Kier alpha value is -0.760. The lowest BCUT2D eigenvalue weighted by Gasteiger charge is -2.27. The number of rotatable bonds is 9. The van der Waals surface area contributed by atoms with Crippen molar-refractivity contribution in [2.75, 3.05) is 26.2 Å². The molecule has 5 nitrogen and oxygen atoms in total. The largest absolute Gasteiger partial charge is 0.396 e. The van der Waals surface area contributed by atoms with Gasteiger partial charge >= 0.3 is 0 Å². The minimum Gasteiger partial charge on any atom is -0.396 e. The molecule has 0 fully saturated rings. The average molecular weight is 422 g/mol. The van der Waals surface area contributed by atoms with Gasteiger partial charge in [0.25, 0.3) is 0 Å². The van der Waals surface area contributed by atoms with Crippen LogP contribution < -0.4 is 10.6 Å². The first-order valence-corrected chi connectivity index (χ1v) is 7.93. The summed E-state index contributed by atoms with van der Waals surface area (Å²) in [6.07, 6.45) is 5.98. The molecule has 1 aromatic heterocycles. The molecule has 0 bridgehead atoms. The smallest absolute Gasteiger partial charge is 0.191 e. The van der Waals surface area contributed by atoms with Crippen molar-refractivity contribution in [2.24, 2.45) is 10.4 Å². The molecular formula is C16H31IN4O. The second kappa shape index (κ2) is 11.8. The first-order chi connectivity index (χ1) is 10.2. The number of hydrogen-bond donors (Lipinski definition) is 3. The van der Waals surface area contributed by atoms with Crippen LogP contribution in [0.5, 0.6) is 0 Å². The molecule has 0 aliphatic carbocycles. The van der Waals surface area contributed by atoms with E-state index in [1.807, 2.05) is 12.1 Å². The van der Waals surface area contributed by atoms with Crippen LogP contribution in [0.2, 0.25) is 0 Å². The van der Waals surface area contributed by atoms with Crippen LogP contribution in [0.25, 0.3) is 0 Å². The standard InChI is InChI=1S/C16H30N4O.HI/c1-4-16(5-2,14-21)13-19-15(17-6-3)18-9-12-20-10-7-8-11-20;/h7-8,10-11,21H,4-6,9,12-14H2,1-3H3,(H2,17,18,19);1H. The van der Waals surface area contributed by atoms with E-state index < -0.39 is 0 Å². The maximum Gasteiger partial charge on any atom is 0.191 e. The number of guanidine groups is 1. The number of aliphatic hydroxyl groups excluding tert-OH is 1. The molecule has 1 rings (SSSR count). The molecule has 0 saturated heterocycles. The number of aromatic nitrogens is 1. The summed E-state index contributed by atoms with van der Waals surface area (Å²) in [6.45, 7) is 9.68. The Kier molecular flexibility index (Phi) is 11.4. The van der Waals surface area contributed by atoms with Gasteiger partial charge in [-0.3, -0.25) is 4.99 Å². The van der Waals surface area contributed by atoms with Crippen LogP contribution in [-0.4, -0.2) is 41.9 Å². The average Bonchev–Trinajstić information content (AvgIpc) is 3.02. The highest BCUT2D eigenvalue weighted by atomic mass is 127. The molecule has 0 unspecified atom stereocenters. The molecule has 0 aromatic carbocycles. The molecule has 0 aliphatic rings. The Bertz CT molecular complexity index is 394. The highest BCUT2D eigenvalue weighted by Crippen LogP contribution is 2.25. The van der Waals surface area contributed by atoms with Crippen molar-refractivity contribution < 1.29 is 5.11 Å². The van der Waals surface area contributed by atoms with Crippen LogP contribution in [0, 0.1) is 5.41 Å². The molecule has 22 heavy (non-hydrogen) atoms. The molecule has 0 aliphatic heterocycles. The van der Waals surface area contributed by atoms with Gasteiger partial charge in [0.15, 0.2) is 5.96 Å². The molecule has 0 saturated carbocycles. The summed E-state index contributed by atoms with van der Waals surface area (Å²) in [4.78, 5) is 4.64. The second-order valence-electron chi connectivity index (χ2n) is 5.41. The van der Waals surface area contributed by atoms with Crippen molar-refractivity contribution >= 4 is 29.9 Å². The molecule has 0 atom stereocenters. The van der Waals surface area contributed by atoms with E-state index in [1.54, 1.807) is 0 Å². The maximum absolute atomic E-state index is 9.61. The van der Waals surface area contributed by atoms with Gasteiger partial charge in [0, 0.05) is 37.4 Å². The number of hydrogen-bond acceptors (Lipinski definition) is 2. The summed E-state index contributed by atoms with van der Waals surface area (Å²) < 4.78 is 2.13. The minimum absolute atomic E-state index is 0. The zero-order chi connectivity index (χ0) is 15.6. The fourth-order valence-corrected chi connectivity index (χ4v) is 2.16. The van der Waals surface area contributed by atoms with E-state index in [1.165, 1.54) is 0 Å². The lowest BCUT2D eigenvalue weighted by atomic mass is 9.83. The van der Waals surface area contributed by atoms with Crippen molar-refractivity contribution in [2.45, 2.75) is 40.2 Å². The quantitative estimate of drug-likeness (QED) is 0.326. The summed E-state index contributed by atoms with van der Waals surface area (Å²) in [7, 11) is 0. The van der Waals surface area contributed by atoms with Gasteiger partial charge in [0.05, 0.1) is 13.2 Å². The third kappa shape index (κ3) is 7.00. The molecular weight excluding hydrogens is 391 g/mol. The van der Waals surface area contributed by atoms with Gasteiger partial charge in [-0.1, -0.05) is 13.8 Å². The van der Waals surface area contributed by atoms with E-state index >= 15 is 0 Å². The van der Waals surface area contributed by atoms with Crippen molar-refractivity contribution in [3.63, 3.8) is 0 Å². The second-order valence-corrected chi connectivity index (χ2v) is 5.41. The van der Waals surface area contributed by atoms with Gasteiger partial charge in [-0.05, 0) is 31.9 Å². The predicted octanol–water partition coefficient (Wildman–Crippen LogP) is 2.46.